The molecule has 1 heterocycles. The molecule has 0 bridgehead atoms. The number of hydrogen-bond acceptors (Lipinski definition) is 5. The average molecular weight is 391 g/mol. The molecule has 1 aromatic carbocycles. The Labute approximate surface area is 164 Å². The SMILES string of the molecule is COc1cccc(CN(C)C(=O)C(NC(=O)c2cccs2)C(C)C)c1OC. The molecule has 1 aromatic heterocycles. The molecular weight excluding hydrogens is 364 g/mol. The lowest BCUT2D eigenvalue weighted by atomic mass is 10.0. The number of carbonyl (C=O) groups is 2. The van der Waals surface area contributed by atoms with E-state index in [1.807, 2.05) is 43.5 Å². The topological polar surface area (TPSA) is 67.9 Å². The maximum absolute atomic E-state index is 13.0. The predicted molar refractivity (Wildman–Crippen MR) is 106 cm³/mol. The fourth-order valence-electron chi connectivity index (χ4n) is 2.78. The van der Waals surface area contributed by atoms with Crippen LogP contribution in [-0.2, 0) is 11.3 Å². The van der Waals surface area contributed by atoms with E-state index in [1.165, 1.54) is 11.3 Å². The second-order valence-corrected chi connectivity index (χ2v) is 7.47. The predicted octanol–water partition coefficient (Wildman–Crippen LogP) is 3.18. The minimum atomic E-state index is -0.610. The Kier molecular flexibility index (Phi) is 7.24. The number of amides is 2. The number of ether oxygens (including phenoxy) is 2. The molecular formula is C20H26N2O4S. The summed E-state index contributed by atoms with van der Waals surface area (Å²) in [5.74, 6) is 0.783. The van der Waals surface area contributed by atoms with Gasteiger partial charge in [0.25, 0.3) is 5.91 Å². The second kappa shape index (κ2) is 9.41. The summed E-state index contributed by atoms with van der Waals surface area (Å²) in [4.78, 5) is 27.6. The number of carbonyl (C=O) groups excluding carboxylic acids is 2. The van der Waals surface area contributed by atoms with Crippen LogP contribution in [0.15, 0.2) is 35.7 Å². The fourth-order valence-corrected chi connectivity index (χ4v) is 3.41. The lowest BCUT2D eigenvalue weighted by Gasteiger charge is -2.27. The van der Waals surface area contributed by atoms with Crippen LogP contribution in [0.3, 0.4) is 0 Å². The van der Waals surface area contributed by atoms with Gasteiger partial charge in [-0.2, -0.15) is 0 Å². The van der Waals surface area contributed by atoms with Crippen molar-refractivity contribution in [2.45, 2.75) is 26.4 Å². The van der Waals surface area contributed by atoms with E-state index >= 15 is 0 Å². The average Bonchev–Trinajstić information content (AvgIpc) is 3.19. The molecule has 0 fully saturated rings. The highest BCUT2D eigenvalue weighted by Crippen LogP contribution is 2.31. The summed E-state index contributed by atoms with van der Waals surface area (Å²) in [5, 5.41) is 4.70. The summed E-state index contributed by atoms with van der Waals surface area (Å²) in [5.41, 5.74) is 0.833. The molecule has 7 heteroatoms. The lowest BCUT2D eigenvalue weighted by molar-refractivity contribution is -0.133. The summed E-state index contributed by atoms with van der Waals surface area (Å²) in [7, 11) is 4.86. The number of benzene rings is 1. The molecule has 27 heavy (non-hydrogen) atoms. The van der Waals surface area contributed by atoms with E-state index in [9.17, 15) is 9.59 Å². The highest BCUT2D eigenvalue weighted by atomic mass is 32.1. The first-order valence-electron chi connectivity index (χ1n) is 8.68. The van der Waals surface area contributed by atoms with Crippen LogP contribution in [0.2, 0.25) is 0 Å². The molecule has 1 atom stereocenters. The maximum atomic E-state index is 13.0. The number of thiophene rings is 1. The van der Waals surface area contributed by atoms with E-state index in [-0.39, 0.29) is 17.7 Å². The van der Waals surface area contributed by atoms with Gasteiger partial charge in [0.15, 0.2) is 11.5 Å². The van der Waals surface area contributed by atoms with Crippen molar-refractivity contribution < 1.29 is 19.1 Å². The third kappa shape index (κ3) is 5.01. The van der Waals surface area contributed by atoms with Gasteiger partial charge in [0, 0.05) is 19.2 Å². The summed E-state index contributed by atoms with van der Waals surface area (Å²) in [6.07, 6.45) is 0. The van der Waals surface area contributed by atoms with Crippen molar-refractivity contribution in [3.8, 4) is 11.5 Å². The first-order chi connectivity index (χ1) is 12.9. The Bertz CT molecular complexity index is 774. The van der Waals surface area contributed by atoms with E-state index in [1.54, 1.807) is 32.2 Å². The van der Waals surface area contributed by atoms with E-state index in [0.717, 1.165) is 5.56 Å². The Morgan fingerprint density at radius 3 is 2.44 bits per heavy atom. The normalized spacial score (nSPS) is 11.8. The number of nitrogens with one attached hydrogen (secondary N) is 1. The molecule has 0 aliphatic heterocycles. The van der Waals surface area contributed by atoms with Crippen LogP contribution in [-0.4, -0.2) is 44.0 Å². The zero-order chi connectivity index (χ0) is 20.0. The van der Waals surface area contributed by atoms with Gasteiger partial charge in [-0.3, -0.25) is 9.59 Å². The molecule has 2 amide bonds. The van der Waals surface area contributed by atoms with Crippen molar-refractivity contribution in [1.82, 2.24) is 10.2 Å². The number of hydrogen-bond donors (Lipinski definition) is 1. The van der Waals surface area contributed by atoms with Crippen LogP contribution in [0, 0.1) is 5.92 Å². The summed E-state index contributed by atoms with van der Waals surface area (Å²) in [6.45, 7) is 4.17. The van der Waals surface area contributed by atoms with Crippen molar-refractivity contribution in [1.29, 1.82) is 0 Å². The molecule has 1 unspecified atom stereocenters. The number of nitrogens with zero attached hydrogens (tertiary/aromatic N) is 1. The van der Waals surface area contributed by atoms with Crippen molar-refractivity contribution in [3.63, 3.8) is 0 Å². The van der Waals surface area contributed by atoms with Crippen LogP contribution in [0.25, 0.3) is 0 Å². The molecule has 0 spiro atoms. The van der Waals surface area contributed by atoms with Crippen LogP contribution in [0.5, 0.6) is 11.5 Å². The molecule has 0 aliphatic carbocycles. The number of likely N-dealkylation sites (N-methyl/N-ethyl adjacent to an activating group) is 1. The molecule has 0 saturated heterocycles. The van der Waals surface area contributed by atoms with Crippen LogP contribution >= 0.6 is 11.3 Å². The smallest absolute Gasteiger partial charge is 0.262 e. The van der Waals surface area contributed by atoms with Gasteiger partial charge in [0.05, 0.1) is 19.1 Å². The zero-order valence-electron chi connectivity index (χ0n) is 16.3. The number of para-hydroxylation sites is 1. The first kappa shape index (κ1) is 20.8. The highest BCUT2D eigenvalue weighted by molar-refractivity contribution is 7.12. The van der Waals surface area contributed by atoms with E-state index in [2.05, 4.69) is 5.32 Å². The van der Waals surface area contributed by atoms with E-state index < -0.39 is 6.04 Å². The van der Waals surface area contributed by atoms with E-state index in [0.29, 0.717) is 22.9 Å². The van der Waals surface area contributed by atoms with Gasteiger partial charge < -0.3 is 19.7 Å². The summed E-state index contributed by atoms with van der Waals surface area (Å²) in [6, 6.07) is 8.50. The van der Waals surface area contributed by atoms with Crippen molar-refractivity contribution in [2.75, 3.05) is 21.3 Å². The van der Waals surface area contributed by atoms with Crippen LogP contribution < -0.4 is 14.8 Å². The number of rotatable bonds is 8. The Morgan fingerprint density at radius 1 is 1.15 bits per heavy atom. The van der Waals surface area contributed by atoms with Gasteiger partial charge in [-0.15, -0.1) is 11.3 Å². The van der Waals surface area contributed by atoms with Crippen LogP contribution in [0.4, 0.5) is 0 Å². The third-order valence-corrected chi connectivity index (χ3v) is 5.10. The van der Waals surface area contributed by atoms with Gasteiger partial charge in [0.2, 0.25) is 5.91 Å². The van der Waals surface area contributed by atoms with Gasteiger partial charge in [-0.25, -0.2) is 0 Å². The Hall–Kier alpha value is -2.54. The number of methoxy groups -OCH3 is 2. The molecule has 2 rings (SSSR count). The Balaban J connectivity index is 2.15. The van der Waals surface area contributed by atoms with Crippen LogP contribution in [0.1, 0.15) is 29.1 Å². The van der Waals surface area contributed by atoms with Crippen molar-refractivity contribution in [2.24, 2.45) is 5.92 Å². The molecule has 0 radical (unpaired) electrons. The zero-order valence-corrected chi connectivity index (χ0v) is 17.1. The first-order valence-corrected chi connectivity index (χ1v) is 9.56. The van der Waals surface area contributed by atoms with E-state index in [4.69, 9.17) is 9.47 Å². The standard InChI is InChI=1S/C20H26N2O4S/c1-13(2)17(21-19(23)16-10-7-11-27-16)20(24)22(3)12-14-8-6-9-15(25-4)18(14)26-5/h6-11,13,17H,12H2,1-5H3,(H,21,23). The molecule has 146 valence electrons. The lowest BCUT2D eigenvalue weighted by Crippen LogP contribution is -2.49. The third-order valence-electron chi connectivity index (χ3n) is 4.23. The Morgan fingerprint density at radius 2 is 1.89 bits per heavy atom. The van der Waals surface area contributed by atoms with Crippen molar-refractivity contribution >= 4 is 23.2 Å². The minimum Gasteiger partial charge on any atom is -0.493 e. The molecule has 1 N–H and O–H groups in total. The van der Waals surface area contributed by atoms with Gasteiger partial charge in [-0.05, 0) is 23.4 Å². The molecule has 6 nitrogen and oxygen atoms in total. The molecule has 0 saturated carbocycles. The largest absolute Gasteiger partial charge is 0.493 e. The van der Waals surface area contributed by atoms with Gasteiger partial charge >= 0.3 is 0 Å². The minimum absolute atomic E-state index is 0.0453. The summed E-state index contributed by atoms with van der Waals surface area (Å²) >= 11 is 1.35. The van der Waals surface area contributed by atoms with Gasteiger partial charge in [0.1, 0.15) is 6.04 Å². The highest BCUT2D eigenvalue weighted by Gasteiger charge is 2.28. The molecule has 0 aliphatic rings. The van der Waals surface area contributed by atoms with Gasteiger partial charge in [-0.1, -0.05) is 32.0 Å². The fraction of sp³-hybridized carbons (Fsp3) is 0.400. The maximum Gasteiger partial charge on any atom is 0.262 e. The molecule has 2 aromatic rings. The summed E-state index contributed by atoms with van der Waals surface area (Å²) < 4.78 is 10.8. The van der Waals surface area contributed by atoms with Crippen molar-refractivity contribution in [3.05, 3.63) is 46.2 Å². The second-order valence-electron chi connectivity index (χ2n) is 6.52. The quantitative estimate of drug-likeness (QED) is 0.752. The monoisotopic (exact) mass is 390 g/mol.